The number of rotatable bonds is 6. The first-order valence-corrected chi connectivity index (χ1v) is 11.4. The molecule has 0 radical (unpaired) electrons. The second kappa shape index (κ2) is 8.74. The summed E-state index contributed by atoms with van der Waals surface area (Å²) in [5.74, 6) is -0.316. The maximum Gasteiger partial charge on any atom is 0.259 e. The number of anilines is 1. The van der Waals surface area contributed by atoms with Crippen molar-refractivity contribution in [2.24, 2.45) is 0 Å². The van der Waals surface area contributed by atoms with Crippen LogP contribution in [0.25, 0.3) is 22.4 Å². The molecule has 34 heavy (non-hydrogen) atoms. The average Bonchev–Trinajstić information content (AvgIpc) is 3.59. The van der Waals surface area contributed by atoms with Gasteiger partial charge in [0.25, 0.3) is 11.6 Å². The van der Waals surface area contributed by atoms with Gasteiger partial charge in [0.15, 0.2) is 0 Å². The Hall–Kier alpha value is -4.00. The Bertz CT molecular complexity index is 1380. The first kappa shape index (κ1) is 21.8. The third-order valence-electron chi connectivity index (χ3n) is 6.10. The molecule has 2 aromatic carbocycles. The highest BCUT2D eigenvalue weighted by molar-refractivity contribution is 6.10. The van der Waals surface area contributed by atoms with E-state index in [4.69, 9.17) is 4.52 Å². The molecule has 5 rings (SSSR count). The van der Waals surface area contributed by atoms with Crippen LogP contribution in [0.4, 0.5) is 5.69 Å². The molecule has 7 heteroatoms. The Morgan fingerprint density at radius 1 is 1.03 bits per heavy atom. The zero-order valence-corrected chi connectivity index (χ0v) is 19.4. The summed E-state index contributed by atoms with van der Waals surface area (Å²) in [4.78, 5) is 30.6. The Balaban J connectivity index is 1.41. The molecule has 0 atom stereocenters. The van der Waals surface area contributed by atoms with E-state index in [0.29, 0.717) is 28.3 Å². The van der Waals surface area contributed by atoms with Crippen molar-refractivity contribution in [3.63, 3.8) is 0 Å². The van der Waals surface area contributed by atoms with E-state index in [0.717, 1.165) is 46.5 Å². The number of benzene rings is 2. The molecule has 0 unspecified atom stereocenters. The van der Waals surface area contributed by atoms with Gasteiger partial charge in [-0.3, -0.25) is 9.59 Å². The van der Waals surface area contributed by atoms with Gasteiger partial charge < -0.3 is 15.2 Å². The molecule has 4 aromatic rings. The lowest BCUT2D eigenvalue weighted by atomic mass is 10.0. The van der Waals surface area contributed by atoms with Crippen molar-refractivity contribution in [2.75, 3.05) is 11.9 Å². The molecule has 0 saturated heterocycles. The van der Waals surface area contributed by atoms with E-state index in [2.05, 4.69) is 20.8 Å². The summed E-state index contributed by atoms with van der Waals surface area (Å²) in [6.07, 6.45) is 2.08. The predicted molar refractivity (Wildman–Crippen MR) is 131 cm³/mol. The molecule has 0 aliphatic heterocycles. The van der Waals surface area contributed by atoms with Crippen molar-refractivity contribution in [1.82, 2.24) is 15.5 Å². The topological polar surface area (TPSA) is 97.1 Å². The second-order valence-corrected chi connectivity index (χ2v) is 8.95. The maximum atomic E-state index is 13.3. The van der Waals surface area contributed by atoms with Crippen LogP contribution < -0.4 is 10.6 Å². The molecule has 1 fully saturated rings. The molecule has 2 aromatic heterocycles. The molecular weight excluding hydrogens is 428 g/mol. The fourth-order valence-electron chi connectivity index (χ4n) is 4.35. The van der Waals surface area contributed by atoms with Crippen LogP contribution in [0.1, 0.15) is 51.5 Å². The molecule has 1 aliphatic carbocycles. The van der Waals surface area contributed by atoms with Gasteiger partial charge in [0, 0.05) is 22.9 Å². The summed E-state index contributed by atoms with van der Waals surface area (Å²) in [6, 6.07) is 15.4. The van der Waals surface area contributed by atoms with Crippen LogP contribution in [0.3, 0.4) is 0 Å². The van der Waals surface area contributed by atoms with Gasteiger partial charge in [0.05, 0.1) is 17.5 Å². The number of aryl methyl sites for hydroxylation is 3. The number of amides is 2. The van der Waals surface area contributed by atoms with Crippen LogP contribution in [0, 0.1) is 20.8 Å². The second-order valence-electron chi connectivity index (χ2n) is 8.95. The summed E-state index contributed by atoms with van der Waals surface area (Å²) in [5.41, 5.74) is 6.86. The number of aromatic nitrogens is 2. The standard InChI is InChI=1S/C27H26N4O3/c1-15-11-16(2)24(17(3)12-15)30-22(32)14-28-26(33)20-13-21(18-9-10-18)29-27-23(20)25(31-34-27)19-7-5-4-6-8-19/h4-8,11-13,18H,9-10,14H2,1-3H3,(H,28,33)(H,30,32). The predicted octanol–water partition coefficient (Wildman–Crippen LogP) is 5.06. The summed E-state index contributed by atoms with van der Waals surface area (Å²) in [6.45, 7) is 5.78. The minimum atomic E-state index is -0.359. The zero-order valence-electron chi connectivity index (χ0n) is 19.4. The summed E-state index contributed by atoms with van der Waals surface area (Å²) in [5, 5.41) is 10.5. The quantitative estimate of drug-likeness (QED) is 0.424. The van der Waals surface area contributed by atoms with Crippen molar-refractivity contribution in [2.45, 2.75) is 39.5 Å². The lowest BCUT2D eigenvalue weighted by Gasteiger charge is -2.13. The lowest BCUT2D eigenvalue weighted by molar-refractivity contribution is -0.115. The Morgan fingerprint density at radius 3 is 2.41 bits per heavy atom. The highest BCUT2D eigenvalue weighted by Crippen LogP contribution is 2.41. The van der Waals surface area contributed by atoms with Gasteiger partial charge in [0.1, 0.15) is 5.69 Å². The molecule has 0 bridgehead atoms. The maximum absolute atomic E-state index is 13.3. The largest absolute Gasteiger partial charge is 0.343 e. The zero-order chi connectivity index (χ0) is 23.8. The molecule has 172 valence electrons. The van der Waals surface area contributed by atoms with Crippen molar-refractivity contribution >= 4 is 28.6 Å². The number of hydrogen-bond acceptors (Lipinski definition) is 5. The smallest absolute Gasteiger partial charge is 0.259 e. The van der Waals surface area contributed by atoms with Gasteiger partial charge in [-0.15, -0.1) is 0 Å². The van der Waals surface area contributed by atoms with Crippen LogP contribution in [0.2, 0.25) is 0 Å². The van der Waals surface area contributed by atoms with E-state index in [1.54, 1.807) is 0 Å². The van der Waals surface area contributed by atoms with E-state index >= 15 is 0 Å². The van der Waals surface area contributed by atoms with Crippen molar-refractivity contribution < 1.29 is 14.1 Å². The molecule has 0 spiro atoms. The molecule has 2 heterocycles. The van der Waals surface area contributed by atoms with Crippen molar-refractivity contribution in [3.8, 4) is 11.3 Å². The normalized spacial score (nSPS) is 13.1. The molecule has 1 saturated carbocycles. The number of nitrogens with zero attached hydrogens (tertiary/aromatic N) is 2. The number of hydrogen-bond donors (Lipinski definition) is 2. The van der Waals surface area contributed by atoms with E-state index < -0.39 is 0 Å². The van der Waals surface area contributed by atoms with E-state index in [9.17, 15) is 9.59 Å². The highest BCUT2D eigenvalue weighted by Gasteiger charge is 2.29. The van der Waals surface area contributed by atoms with E-state index in [1.807, 2.05) is 69.3 Å². The van der Waals surface area contributed by atoms with Crippen molar-refractivity contribution in [1.29, 1.82) is 0 Å². The highest BCUT2D eigenvalue weighted by atomic mass is 16.5. The molecule has 1 aliphatic rings. The summed E-state index contributed by atoms with van der Waals surface area (Å²) >= 11 is 0. The fraction of sp³-hybridized carbons (Fsp3) is 0.259. The van der Waals surface area contributed by atoms with Crippen LogP contribution >= 0.6 is 0 Å². The van der Waals surface area contributed by atoms with Gasteiger partial charge in [-0.1, -0.05) is 53.2 Å². The SMILES string of the molecule is Cc1cc(C)c(NC(=O)CNC(=O)c2cc(C3CC3)nc3onc(-c4ccccc4)c23)c(C)c1. The monoisotopic (exact) mass is 454 g/mol. The lowest BCUT2D eigenvalue weighted by Crippen LogP contribution is -2.33. The van der Waals surface area contributed by atoms with Gasteiger partial charge in [-0.2, -0.15) is 0 Å². The first-order valence-electron chi connectivity index (χ1n) is 11.4. The minimum absolute atomic E-state index is 0.153. The van der Waals surface area contributed by atoms with Gasteiger partial charge in [-0.05, 0) is 50.8 Å². The first-order chi connectivity index (χ1) is 16.4. The number of nitrogens with one attached hydrogen (secondary N) is 2. The minimum Gasteiger partial charge on any atom is -0.343 e. The van der Waals surface area contributed by atoms with Gasteiger partial charge in [-0.25, -0.2) is 4.98 Å². The van der Waals surface area contributed by atoms with Crippen LogP contribution in [0.5, 0.6) is 0 Å². The van der Waals surface area contributed by atoms with E-state index in [1.165, 1.54) is 0 Å². The molecule has 2 amide bonds. The van der Waals surface area contributed by atoms with Crippen LogP contribution in [-0.2, 0) is 4.79 Å². The molecular formula is C27H26N4O3. The summed E-state index contributed by atoms with van der Waals surface area (Å²) in [7, 11) is 0. The van der Waals surface area contributed by atoms with Gasteiger partial charge in [0.2, 0.25) is 5.91 Å². The third-order valence-corrected chi connectivity index (χ3v) is 6.10. The van der Waals surface area contributed by atoms with E-state index in [-0.39, 0.29) is 18.4 Å². The molecule has 2 N–H and O–H groups in total. The summed E-state index contributed by atoms with van der Waals surface area (Å²) < 4.78 is 5.53. The Morgan fingerprint density at radius 2 is 1.74 bits per heavy atom. The Kier molecular flexibility index (Phi) is 5.61. The number of pyridine rings is 1. The molecule has 7 nitrogen and oxygen atoms in total. The fourth-order valence-corrected chi connectivity index (χ4v) is 4.35. The Labute approximate surface area is 197 Å². The van der Waals surface area contributed by atoms with Gasteiger partial charge >= 0.3 is 0 Å². The van der Waals surface area contributed by atoms with Crippen molar-refractivity contribution in [3.05, 3.63) is 76.5 Å². The average molecular weight is 455 g/mol. The number of carbonyl (C=O) groups excluding carboxylic acids is 2. The van der Waals surface area contributed by atoms with Crippen LogP contribution in [0.15, 0.2) is 53.1 Å². The third kappa shape index (κ3) is 4.29. The number of fused-ring (bicyclic) bond motifs is 1. The van der Waals surface area contributed by atoms with Crippen LogP contribution in [-0.4, -0.2) is 28.5 Å². The number of carbonyl (C=O) groups is 2.